The maximum absolute atomic E-state index is 14.9. The molecule has 0 radical (unpaired) electrons. The van der Waals surface area contributed by atoms with Crippen LogP contribution in [0.3, 0.4) is 0 Å². The SMILES string of the molecule is CSc1cc(F)c(N(C)c2nc(Nc3cnn(C)c3)c(C3CC3)c(Nc3cc(C)[nH]n3)n2)c(F)c1. The van der Waals surface area contributed by atoms with Crippen LogP contribution in [-0.2, 0) is 7.05 Å². The molecule has 0 aliphatic heterocycles. The van der Waals surface area contributed by atoms with Crippen molar-refractivity contribution in [3.8, 4) is 0 Å². The number of benzene rings is 1. The van der Waals surface area contributed by atoms with E-state index in [4.69, 9.17) is 9.97 Å². The zero-order chi connectivity index (χ0) is 24.7. The Morgan fingerprint density at radius 1 is 1.11 bits per heavy atom. The molecule has 1 fully saturated rings. The first-order valence-electron chi connectivity index (χ1n) is 11.1. The van der Waals surface area contributed by atoms with Gasteiger partial charge < -0.3 is 15.5 Å². The van der Waals surface area contributed by atoms with Crippen LogP contribution in [0, 0.1) is 18.6 Å². The Morgan fingerprint density at radius 2 is 1.80 bits per heavy atom. The molecule has 3 N–H and O–H groups in total. The van der Waals surface area contributed by atoms with E-state index in [1.54, 1.807) is 24.2 Å². The lowest BCUT2D eigenvalue weighted by Gasteiger charge is -2.22. The van der Waals surface area contributed by atoms with Gasteiger partial charge in [-0.3, -0.25) is 9.78 Å². The van der Waals surface area contributed by atoms with E-state index >= 15 is 0 Å². The van der Waals surface area contributed by atoms with E-state index in [1.165, 1.54) is 28.8 Å². The van der Waals surface area contributed by atoms with Crippen LogP contribution < -0.4 is 15.5 Å². The van der Waals surface area contributed by atoms with Crippen LogP contribution in [0.5, 0.6) is 0 Å². The van der Waals surface area contributed by atoms with Gasteiger partial charge in [0.05, 0.1) is 11.9 Å². The van der Waals surface area contributed by atoms with Gasteiger partial charge >= 0.3 is 0 Å². The van der Waals surface area contributed by atoms with Gasteiger partial charge in [-0.15, -0.1) is 11.8 Å². The molecule has 182 valence electrons. The van der Waals surface area contributed by atoms with E-state index in [2.05, 4.69) is 25.9 Å². The van der Waals surface area contributed by atoms with Gasteiger partial charge in [0.15, 0.2) is 17.5 Å². The number of thioether (sulfide) groups is 1. The monoisotopic (exact) mass is 497 g/mol. The standard InChI is InChI=1S/C23H25F2N9S/c1-12-7-18(32-31-12)28-22-19(13-5-6-13)21(27-14-10-26-33(2)11-14)29-23(30-22)34(3)20-16(24)8-15(35-4)9-17(20)25/h7-11,13H,5-6H2,1-4H3,(H3,27,28,29,30,31,32). The molecular weight excluding hydrogens is 472 g/mol. The maximum atomic E-state index is 14.9. The maximum Gasteiger partial charge on any atom is 0.233 e. The molecular formula is C23H25F2N9S. The number of hydrogen-bond donors (Lipinski definition) is 3. The van der Waals surface area contributed by atoms with Crippen LogP contribution in [0.25, 0.3) is 0 Å². The zero-order valence-corrected chi connectivity index (χ0v) is 20.5. The van der Waals surface area contributed by atoms with Gasteiger partial charge in [0, 0.05) is 42.5 Å². The number of halogens is 2. The van der Waals surface area contributed by atoms with Crippen LogP contribution in [-0.4, -0.2) is 43.2 Å². The van der Waals surface area contributed by atoms with Crippen molar-refractivity contribution < 1.29 is 8.78 Å². The first-order valence-corrected chi connectivity index (χ1v) is 12.3. The minimum Gasteiger partial charge on any atom is -0.337 e. The van der Waals surface area contributed by atoms with Crippen molar-refractivity contribution in [2.24, 2.45) is 7.05 Å². The molecule has 3 aromatic heterocycles. The second kappa shape index (κ2) is 9.17. The van der Waals surface area contributed by atoms with E-state index < -0.39 is 11.6 Å². The highest BCUT2D eigenvalue weighted by molar-refractivity contribution is 7.98. The predicted octanol–water partition coefficient (Wildman–Crippen LogP) is 5.37. The number of H-pyrrole nitrogens is 1. The lowest BCUT2D eigenvalue weighted by Crippen LogP contribution is -2.19. The molecule has 1 saturated carbocycles. The van der Waals surface area contributed by atoms with Crippen LogP contribution >= 0.6 is 11.8 Å². The van der Waals surface area contributed by atoms with E-state index in [-0.39, 0.29) is 17.6 Å². The van der Waals surface area contributed by atoms with Gasteiger partial charge in [-0.05, 0) is 44.1 Å². The molecule has 1 aliphatic rings. The van der Waals surface area contributed by atoms with Gasteiger partial charge in [-0.1, -0.05) is 0 Å². The Hall–Kier alpha value is -3.67. The summed E-state index contributed by atoms with van der Waals surface area (Å²) in [4.78, 5) is 11.2. The lowest BCUT2D eigenvalue weighted by atomic mass is 10.1. The summed E-state index contributed by atoms with van der Waals surface area (Å²) in [5, 5.41) is 18.0. The summed E-state index contributed by atoms with van der Waals surface area (Å²) in [6, 6.07) is 4.47. The molecule has 5 rings (SSSR count). The van der Waals surface area contributed by atoms with E-state index in [9.17, 15) is 8.78 Å². The number of rotatable bonds is 8. The van der Waals surface area contributed by atoms with Gasteiger partial charge in [-0.25, -0.2) is 8.78 Å². The molecule has 0 amide bonds. The predicted molar refractivity (Wildman–Crippen MR) is 133 cm³/mol. The summed E-state index contributed by atoms with van der Waals surface area (Å²) in [5.41, 5.74) is 2.30. The third-order valence-corrected chi connectivity index (χ3v) is 6.41. The van der Waals surface area contributed by atoms with Crippen molar-refractivity contribution in [1.29, 1.82) is 0 Å². The first-order chi connectivity index (χ1) is 16.8. The second-order valence-electron chi connectivity index (χ2n) is 8.50. The second-order valence-corrected chi connectivity index (χ2v) is 9.38. The molecule has 0 bridgehead atoms. The highest BCUT2D eigenvalue weighted by Gasteiger charge is 2.33. The number of nitrogens with one attached hydrogen (secondary N) is 3. The summed E-state index contributed by atoms with van der Waals surface area (Å²) in [5.74, 6) is 0.677. The van der Waals surface area contributed by atoms with Gasteiger partial charge in [-0.2, -0.15) is 20.2 Å². The van der Waals surface area contributed by atoms with Crippen LogP contribution in [0.1, 0.15) is 30.0 Å². The van der Waals surface area contributed by atoms with Crippen molar-refractivity contribution in [2.45, 2.75) is 30.6 Å². The van der Waals surface area contributed by atoms with Crippen molar-refractivity contribution in [2.75, 3.05) is 28.8 Å². The number of hydrogen-bond acceptors (Lipinski definition) is 8. The van der Waals surface area contributed by atoms with E-state index in [1.807, 2.05) is 26.2 Å². The average Bonchev–Trinajstić information content (AvgIpc) is 3.44. The Balaban J connectivity index is 1.63. The van der Waals surface area contributed by atoms with Crippen LogP contribution in [0.4, 0.5) is 43.6 Å². The van der Waals surface area contributed by atoms with Gasteiger partial charge in [0.2, 0.25) is 5.95 Å². The average molecular weight is 498 g/mol. The fourth-order valence-electron chi connectivity index (χ4n) is 3.86. The molecule has 9 nitrogen and oxygen atoms in total. The Labute approximate surface area is 205 Å². The van der Waals surface area contributed by atoms with Crippen molar-refractivity contribution in [3.63, 3.8) is 0 Å². The highest BCUT2D eigenvalue weighted by Crippen LogP contribution is 2.48. The summed E-state index contributed by atoms with van der Waals surface area (Å²) in [6.07, 6.45) is 7.27. The fourth-order valence-corrected chi connectivity index (χ4v) is 4.31. The Morgan fingerprint density at radius 3 is 2.34 bits per heavy atom. The molecule has 0 saturated heterocycles. The first kappa shape index (κ1) is 23.1. The molecule has 12 heteroatoms. The third-order valence-electron chi connectivity index (χ3n) is 5.70. The van der Waals surface area contributed by atoms with Gasteiger partial charge in [0.1, 0.15) is 17.3 Å². The van der Waals surface area contributed by atoms with Crippen molar-refractivity contribution in [3.05, 3.63) is 53.5 Å². The quantitative estimate of drug-likeness (QED) is 0.279. The normalized spacial score (nSPS) is 13.2. The topological polar surface area (TPSA) is 99.6 Å². The highest BCUT2D eigenvalue weighted by atomic mass is 32.2. The number of aryl methyl sites for hydroxylation is 2. The number of aromatic amines is 1. The van der Waals surface area contributed by atoms with Gasteiger partial charge in [0.25, 0.3) is 0 Å². The fraction of sp³-hybridized carbons (Fsp3) is 0.304. The molecule has 3 heterocycles. The Kier molecular flexibility index (Phi) is 6.05. The molecule has 0 unspecified atom stereocenters. The van der Waals surface area contributed by atoms with E-state index in [0.29, 0.717) is 22.3 Å². The summed E-state index contributed by atoms with van der Waals surface area (Å²) < 4.78 is 31.6. The summed E-state index contributed by atoms with van der Waals surface area (Å²) in [7, 11) is 3.37. The minimum absolute atomic E-state index is 0.130. The van der Waals surface area contributed by atoms with Crippen LogP contribution in [0.15, 0.2) is 35.5 Å². The number of aromatic nitrogens is 6. The Bertz CT molecular complexity index is 1290. The summed E-state index contributed by atoms with van der Waals surface area (Å²) >= 11 is 1.27. The molecule has 1 aliphatic carbocycles. The smallest absolute Gasteiger partial charge is 0.233 e. The van der Waals surface area contributed by atoms with Crippen LogP contribution in [0.2, 0.25) is 0 Å². The molecule has 35 heavy (non-hydrogen) atoms. The number of nitrogens with zero attached hydrogens (tertiary/aromatic N) is 6. The third kappa shape index (κ3) is 4.78. The molecule has 1 aromatic carbocycles. The molecule has 4 aromatic rings. The minimum atomic E-state index is -0.689. The zero-order valence-electron chi connectivity index (χ0n) is 19.7. The van der Waals surface area contributed by atoms with Crippen molar-refractivity contribution >= 4 is 46.5 Å². The molecule has 0 spiro atoms. The van der Waals surface area contributed by atoms with Crippen molar-refractivity contribution in [1.82, 2.24) is 29.9 Å². The summed E-state index contributed by atoms with van der Waals surface area (Å²) in [6.45, 7) is 1.90. The molecule has 0 atom stereocenters. The number of anilines is 6. The van der Waals surface area contributed by atoms with E-state index in [0.717, 1.165) is 29.8 Å². The lowest BCUT2D eigenvalue weighted by molar-refractivity contribution is 0.577. The largest absolute Gasteiger partial charge is 0.337 e.